The molecular formula is C26H25N3O3S2. The number of aryl methyl sites for hydroxylation is 4. The van der Waals surface area contributed by atoms with Gasteiger partial charge in [0.15, 0.2) is 4.80 Å². The minimum absolute atomic E-state index is 0.166. The normalized spacial score (nSPS) is 14.4. The number of para-hydroxylation sites is 1. The van der Waals surface area contributed by atoms with Crippen LogP contribution in [0, 0.1) is 13.8 Å². The number of rotatable bonds is 3. The molecule has 0 unspecified atom stereocenters. The summed E-state index contributed by atoms with van der Waals surface area (Å²) >= 11 is 1.46. The number of hydrogen-bond acceptors (Lipinski definition) is 4. The number of carbonyl (C=O) groups excluding carboxylic acids is 1. The average molecular weight is 492 g/mol. The van der Waals surface area contributed by atoms with Gasteiger partial charge >= 0.3 is 0 Å². The molecule has 0 saturated heterocycles. The van der Waals surface area contributed by atoms with E-state index in [0.29, 0.717) is 16.9 Å². The van der Waals surface area contributed by atoms with Gasteiger partial charge in [0.25, 0.3) is 15.9 Å². The van der Waals surface area contributed by atoms with Gasteiger partial charge in [-0.2, -0.15) is 4.99 Å². The zero-order valence-corrected chi connectivity index (χ0v) is 20.9. The molecule has 4 aromatic rings. The number of anilines is 1. The molecule has 1 aliphatic heterocycles. The number of amides is 1. The Balaban J connectivity index is 1.46. The van der Waals surface area contributed by atoms with E-state index in [1.165, 1.54) is 51.0 Å². The van der Waals surface area contributed by atoms with Crippen molar-refractivity contribution in [1.29, 1.82) is 0 Å². The molecule has 0 fully saturated rings. The summed E-state index contributed by atoms with van der Waals surface area (Å²) in [5.74, 6) is -0.399. The first-order valence-electron chi connectivity index (χ1n) is 11.1. The predicted molar refractivity (Wildman–Crippen MR) is 136 cm³/mol. The molecule has 1 aliphatic rings. The van der Waals surface area contributed by atoms with Crippen molar-refractivity contribution in [3.8, 4) is 0 Å². The monoisotopic (exact) mass is 491 g/mol. The van der Waals surface area contributed by atoms with Gasteiger partial charge in [-0.05, 0) is 79.8 Å². The van der Waals surface area contributed by atoms with Gasteiger partial charge in [0, 0.05) is 19.2 Å². The van der Waals surface area contributed by atoms with E-state index in [-0.39, 0.29) is 4.90 Å². The molecule has 8 heteroatoms. The fraction of sp³-hybridized carbons (Fsp3) is 0.231. The summed E-state index contributed by atoms with van der Waals surface area (Å²) in [5.41, 5.74) is 5.53. The summed E-state index contributed by atoms with van der Waals surface area (Å²) in [4.78, 5) is 18.0. The molecule has 0 atom stereocenters. The van der Waals surface area contributed by atoms with Crippen molar-refractivity contribution in [3.05, 3.63) is 87.7 Å². The van der Waals surface area contributed by atoms with E-state index in [0.717, 1.165) is 34.3 Å². The van der Waals surface area contributed by atoms with Gasteiger partial charge in [-0.15, -0.1) is 0 Å². The first-order chi connectivity index (χ1) is 16.3. The standard InChI is InChI=1S/C26H25N3O3S2/c1-17-10-15-23-24(18(17)2)28(3)26(33-23)27-25(30)20-11-13-21(14-12-20)34(31,32)29-16-6-8-19-7-4-5-9-22(19)29/h4-5,7,9-15H,6,8,16H2,1-3H3. The summed E-state index contributed by atoms with van der Waals surface area (Å²) in [6.45, 7) is 4.57. The van der Waals surface area contributed by atoms with Gasteiger partial charge in [0.05, 0.1) is 20.8 Å². The smallest absolute Gasteiger partial charge is 0.279 e. The maximum absolute atomic E-state index is 13.3. The van der Waals surface area contributed by atoms with Crippen LogP contribution in [-0.2, 0) is 23.5 Å². The Bertz CT molecular complexity index is 1600. The van der Waals surface area contributed by atoms with Crippen molar-refractivity contribution < 1.29 is 13.2 Å². The number of carbonyl (C=O) groups is 1. The van der Waals surface area contributed by atoms with Gasteiger partial charge in [0.1, 0.15) is 0 Å². The van der Waals surface area contributed by atoms with Crippen molar-refractivity contribution in [2.45, 2.75) is 31.6 Å². The second kappa shape index (κ2) is 8.52. The van der Waals surface area contributed by atoms with Gasteiger partial charge in [0.2, 0.25) is 0 Å². The molecule has 1 amide bonds. The molecule has 0 aliphatic carbocycles. The Kier molecular flexibility index (Phi) is 5.65. The quantitative estimate of drug-likeness (QED) is 0.416. The maximum Gasteiger partial charge on any atom is 0.279 e. The Labute approximate surface area is 202 Å². The number of thiazole rings is 1. The Morgan fingerprint density at radius 3 is 2.50 bits per heavy atom. The summed E-state index contributed by atoms with van der Waals surface area (Å²) in [5, 5.41) is 0. The van der Waals surface area contributed by atoms with Crippen LogP contribution in [0.25, 0.3) is 10.2 Å². The number of nitrogens with zero attached hydrogens (tertiary/aromatic N) is 3. The topological polar surface area (TPSA) is 71.7 Å². The second-order valence-corrected chi connectivity index (χ2v) is 11.4. The molecule has 2 heterocycles. The Hall–Kier alpha value is -3.23. The average Bonchev–Trinajstić information content (AvgIpc) is 3.16. The van der Waals surface area contributed by atoms with Gasteiger partial charge in [-0.25, -0.2) is 8.42 Å². The van der Waals surface area contributed by atoms with Crippen LogP contribution in [0.1, 0.15) is 33.5 Å². The van der Waals surface area contributed by atoms with Crippen LogP contribution in [0.3, 0.4) is 0 Å². The fourth-order valence-corrected chi connectivity index (χ4v) is 7.05. The third-order valence-corrected chi connectivity index (χ3v) is 9.37. The van der Waals surface area contributed by atoms with Crippen LogP contribution in [0.2, 0.25) is 0 Å². The fourth-order valence-electron chi connectivity index (χ4n) is 4.43. The SMILES string of the molecule is Cc1ccc2sc(=NC(=O)c3ccc(S(=O)(=O)N4CCCc5ccccc54)cc3)n(C)c2c1C. The van der Waals surface area contributed by atoms with Crippen LogP contribution in [0.15, 0.2) is 70.6 Å². The van der Waals surface area contributed by atoms with Gasteiger partial charge in [-0.3, -0.25) is 9.10 Å². The predicted octanol–water partition coefficient (Wildman–Crippen LogP) is 4.74. The van der Waals surface area contributed by atoms with Crippen molar-refractivity contribution >= 4 is 43.2 Å². The van der Waals surface area contributed by atoms with Crippen LogP contribution in [0.5, 0.6) is 0 Å². The summed E-state index contributed by atoms with van der Waals surface area (Å²) in [7, 11) is -1.81. The van der Waals surface area contributed by atoms with E-state index >= 15 is 0 Å². The summed E-state index contributed by atoms with van der Waals surface area (Å²) in [6, 6.07) is 17.8. The zero-order chi connectivity index (χ0) is 24.0. The molecule has 0 radical (unpaired) electrons. The molecule has 34 heavy (non-hydrogen) atoms. The van der Waals surface area contributed by atoms with Crippen LogP contribution in [-0.4, -0.2) is 25.4 Å². The van der Waals surface area contributed by atoms with Crippen LogP contribution < -0.4 is 9.11 Å². The van der Waals surface area contributed by atoms with Crippen LogP contribution >= 0.6 is 11.3 Å². The van der Waals surface area contributed by atoms with Gasteiger partial charge in [-0.1, -0.05) is 35.6 Å². The molecule has 0 N–H and O–H groups in total. The minimum Gasteiger partial charge on any atom is -0.319 e. The highest BCUT2D eigenvalue weighted by atomic mass is 32.2. The summed E-state index contributed by atoms with van der Waals surface area (Å²) in [6.07, 6.45) is 1.64. The van der Waals surface area contributed by atoms with Crippen molar-refractivity contribution in [3.63, 3.8) is 0 Å². The number of hydrogen-bond donors (Lipinski definition) is 0. The Morgan fingerprint density at radius 2 is 1.74 bits per heavy atom. The third-order valence-electron chi connectivity index (χ3n) is 6.44. The molecule has 0 spiro atoms. The van der Waals surface area contributed by atoms with E-state index < -0.39 is 15.9 Å². The minimum atomic E-state index is -3.72. The number of aromatic nitrogens is 1. The molecule has 6 nitrogen and oxygen atoms in total. The second-order valence-electron chi connectivity index (χ2n) is 8.55. The molecule has 5 rings (SSSR count). The molecule has 1 aromatic heterocycles. The highest BCUT2D eigenvalue weighted by molar-refractivity contribution is 7.92. The summed E-state index contributed by atoms with van der Waals surface area (Å²) < 4.78 is 31.2. The largest absolute Gasteiger partial charge is 0.319 e. The molecule has 0 bridgehead atoms. The first-order valence-corrected chi connectivity index (χ1v) is 13.4. The van der Waals surface area contributed by atoms with Crippen molar-refractivity contribution in [2.75, 3.05) is 10.8 Å². The van der Waals surface area contributed by atoms with E-state index in [2.05, 4.69) is 24.9 Å². The van der Waals surface area contributed by atoms with E-state index in [9.17, 15) is 13.2 Å². The van der Waals surface area contributed by atoms with E-state index in [1.54, 1.807) is 0 Å². The highest BCUT2D eigenvalue weighted by Crippen LogP contribution is 2.32. The molecule has 174 valence electrons. The van der Waals surface area contributed by atoms with Crippen molar-refractivity contribution in [2.24, 2.45) is 12.0 Å². The first kappa shape index (κ1) is 22.6. The maximum atomic E-state index is 13.3. The third kappa shape index (κ3) is 3.76. The zero-order valence-electron chi connectivity index (χ0n) is 19.3. The lowest BCUT2D eigenvalue weighted by atomic mass is 10.0. The Morgan fingerprint density at radius 1 is 1.00 bits per heavy atom. The van der Waals surface area contributed by atoms with Crippen molar-refractivity contribution in [1.82, 2.24) is 4.57 Å². The lowest BCUT2D eigenvalue weighted by molar-refractivity contribution is 0.0998. The van der Waals surface area contributed by atoms with E-state index in [1.807, 2.05) is 41.9 Å². The lowest BCUT2D eigenvalue weighted by Crippen LogP contribution is -2.35. The number of fused-ring (bicyclic) bond motifs is 2. The molecule has 3 aromatic carbocycles. The highest BCUT2D eigenvalue weighted by Gasteiger charge is 2.29. The number of benzene rings is 3. The lowest BCUT2D eigenvalue weighted by Gasteiger charge is -2.30. The molecular weight excluding hydrogens is 466 g/mol. The van der Waals surface area contributed by atoms with Crippen LogP contribution in [0.4, 0.5) is 5.69 Å². The molecule has 0 saturated carbocycles. The van der Waals surface area contributed by atoms with E-state index in [4.69, 9.17) is 0 Å². The number of sulfonamides is 1. The van der Waals surface area contributed by atoms with Gasteiger partial charge < -0.3 is 4.57 Å².